The summed E-state index contributed by atoms with van der Waals surface area (Å²) in [5.41, 5.74) is 6.43. The van der Waals surface area contributed by atoms with Gasteiger partial charge < -0.3 is 5.73 Å². The number of sulfone groups is 1. The molecule has 120 valence electrons. The molecule has 0 heterocycles. The summed E-state index contributed by atoms with van der Waals surface area (Å²) < 4.78 is 38.8. The minimum Gasteiger partial charge on any atom is -0.393 e. The molecule has 2 N–H and O–H groups in total. The molecule has 0 saturated heterocycles. The molecule has 23 heavy (non-hydrogen) atoms. The third-order valence-electron chi connectivity index (χ3n) is 4.04. The van der Waals surface area contributed by atoms with Gasteiger partial charge in [-0.05, 0) is 42.0 Å². The lowest BCUT2D eigenvalue weighted by molar-refractivity contribution is 0.593. The van der Waals surface area contributed by atoms with Gasteiger partial charge in [0.1, 0.15) is 5.82 Å². The van der Waals surface area contributed by atoms with Gasteiger partial charge in [0.25, 0.3) is 0 Å². The van der Waals surface area contributed by atoms with Crippen LogP contribution in [-0.2, 0) is 9.84 Å². The SMILES string of the molecule is NC(=S)[C@@H]1[C@H](c2ccc(F)cc2)[C@H]1S(=O)(=O)c1ccc(Cl)cc1. The summed E-state index contributed by atoms with van der Waals surface area (Å²) in [6.07, 6.45) is 0. The van der Waals surface area contributed by atoms with Gasteiger partial charge in [-0.15, -0.1) is 0 Å². The zero-order valence-electron chi connectivity index (χ0n) is 11.8. The number of halogens is 2. The zero-order valence-corrected chi connectivity index (χ0v) is 14.2. The molecule has 2 aromatic rings. The van der Waals surface area contributed by atoms with Gasteiger partial charge >= 0.3 is 0 Å². The van der Waals surface area contributed by atoms with E-state index in [9.17, 15) is 12.8 Å². The minimum absolute atomic E-state index is 0.155. The lowest BCUT2D eigenvalue weighted by atomic mass is 10.1. The Morgan fingerprint density at radius 3 is 2.17 bits per heavy atom. The van der Waals surface area contributed by atoms with Crippen LogP contribution in [0, 0.1) is 11.7 Å². The first-order valence-electron chi connectivity index (χ1n) is 6.86. The van der Waals surface area contributed by atoms with Crippen LogP contribution in [0.1, 0.15) is 11.5 Å². The summed E-state index contributed by atoms with van der Waals surface area (Å²) in [6.45, 7) is 0. The Hall–Kier alpha value is -1.50. The fourth-order valence-corrected chi connectivity index (χ4v) is 5.53. The highest BCUT2D eigenvalue weighted by molar-refractivity contribution is 7.92. The Labute approximate surface area is 144 Å². The Morgan fingerprint density at radius 2 is 1.65 bits per heavy atom. The van der Waals surface area contributed by atoms with Gasteiger partial charge in [-0.1, -0.05) is 36.0 Å². The van der Waals surface area contributed by atoms with Gasteiger partial charge in [-0.2, -0.15) is 0 Å². The van der Waals surface area contributed by atoms with E-state index in [2.05, 4.69) is 0 Å². The van der Waals surface area contributed by atoms with Crippen LogP contribution in [0.3, 0.4) is 0 Å². The zero-order chi connectivity index (χ0) is 16.8. The Bertz CT molecular complexity index is 851. The summed E-state index contributed by atoms with van der Waals surface area (Å²) in [6, 6.07) is 11.7. The van der Waals surface area contributed by atoms with E-state index in [0.29, 0.717) is 10.6 Å². The Kier molecular flexibility index (Phi) is 4.16. The summed E-state index contributed by atoms with van der Waals surface area (Å²) in [5, 5.41) is -0.271. The lowest BCUT2D eigenvalue weighted by Crippen LogP contribution is -2.17. The van der Waals surface area contributed by atoms with E-state index in [1.807, 2.05) is 0 Å². The Balaban J connectivity index is 1.98. The third kappa shape index (κ3) is 2.98. The van der Waals surface area contributed by atoms with E-state index in [1.165, 1.54) is 36.4 Å². The second-order valence-corrected chi connectivity index (χ2v) is 8.48. The molecule has 0 bridgehead atoms. The molecule has 1 fully saturated rings. The molecule has 3 atom stereocenters. The predicted octanol–water partition coefficient (Wildman–Crippen LogP) is 3.32. The van der Waals surface area contributed by atoms with Crippen LogP contribution in [-0.4, -0.2) is 18.7 Å². The van der Waals surface area contributed by atoms with E-state index in [1.54, 1.807) is 12.1 Å². The van der Waals surface area contributed by atoms with Crippen molar-refractivity contribution in [3.05, 3.63) is 64.9 Å². The van der Waals surface area contributed by atoms with Gasteiger partial charge in [-0.25, -0.2) is 12.8 Å². The van der Waals surface area contributed by atoms with Crippen molar-refractivity contribution < 1.29 is 12.8 Å². The van der Waals surface area contributed by atoms with Gasteiger partial charge in [0, 0.05) is 16.9 Å². The molecule has 2 aromatic carbocycles. The van der Waals surface area contributed by atoms with Gasteiger partial charge in [0.2, 0.25) is 0 Å². The number of rotatable bonds is 4. The van der Waals surface area contributed by atoms with Crippen molar-refractivity contribution in [2.45, 2.75) is 16.1 Å². The van der Waals surface area contributed by atoms with Crippen molar-refractivity contribution in [2.75, 3.05) is 0 Å². The molecule has 1 saturated carbocycles. The first-order valence-corrected chi connectivity index (χ1v) is 9.20. The van der Waals surface area contributed by atoms with Crippen molar-refractivity contribution >= 4 is 38.6 Å². The number of benzene rings is 2. The summed E-state index contributed by atoms with van der Waals surface area (Å²) in [5.74, 6) is -1.18. The van der Waals surface area contributed by atoms with Crippen LogP contribution in [0.15, 0.2) is 53.4 Å². The Morgan fingerprint density at radius 1 is 1.09 bits per heavy atom. The molecular weight excluding hydrogens is 357 g/mol. The predicted molar refractivity (Wildman–Crippen MR) is 91.8 cm³/mol. The van der Waals surface area contributed by atoms with E-state index in [-0.39, 0.29) is 21.6 Å². The van der Waals surface area contributed by atoms with Crippen LogP contribution < -0.4 is 5.73 Å². The lowest BCUT2D eigenvalue weighted by Gasteiger charge is -2.04. The molecule has 0 amide bonds. The van der Waals surface area contributed by atoms with Crippen molar-refractivity contribution in [1.82, 2.24) is 0 Å². The number of hydrogen-bond acceptors (Lipinski definition) is 3. The van der Waals surface area contributed by atoms with Crippen molar-refractivity contribution in [3.63, 3.8) is 0 Å². The largest absolute Gasteiger partial charge is 0.393 e. The quantitative estimate of drug-likeness (QED) is 0.840. The number of thiocarbonyl (C=S) groups is 1. The monoisotopic (exact) mass is 369 g/mol. The average molecular weight is 370 g/mol. The molecule has 3 nitrogen and oxygen atoms in total. The minimum atomic E-state index is -3.60. The van der Waals surface area contributed by atoms with Crippen LogP contribution in [0.25, 0.3) is 0 Å². The van der Waals surface area contributed by atoms with E-state index >= 15 is 0 Å². The van der Waals surface area contributed by atoms with E-state index in [0.717, 1.165) is 0 Å². The molecule has 7 heteroatoms. The molecular formula is C16H13ClFNO2S2. The maximum absolute atomic E-state index is 13.1. The molecule has 0 aliphatic heterocycles. The third-order valence-corrected chi connectivity index (χ3v) is 6.79. The maximum Gasteiger partial charge on any atom is 0.182 e. The van der Waals surface area contributed by atoms with Crippen molar-refractivity contribution in [3.8, 4) is 0 Å². The number of nitrogens with two attached hydrogens (primary N) is 1. The summed E-state index contributed by atoms with van der Waals surface area (Å²) in [7, 11) is -3.60. The second kappa shape index (κ2) is 5.85. The van der Waals surface area contributed by atoms with E-state index in [4.69, 9.17) is 29.6 Å². The van der Waals surface area contributed by atoms with Crippen molar-refractivity contribution in [1.29, 1.82) is 0 Å². The molecule has 0 aromatic heterocycles. The molecule has 0 unspecified atom stereocenters. The molecule has 3 rings (SSSR count). The van der Waals surface area contributed by atoms with Crippen LogP contribution in [0.5, 0.6) is 0 Å². The highest BCUT2D eigenvalue weighted by atomic mass is 35.5. The van der Waals surface area contributed by atoms with Gasteiger partial charge in [0.15, 0.2) is 9.84 Å². The standard InChI is InChI=1S/C16H13ClFNO2S2/c17-10-3-7-12(8-4-10)23(20,21)15-13(14(15)16(19)22)9-1-5-11(18)6-2-9/h1-8,13-15H,(H2,19,22)/t13-,14+,15+/m0/s1. The number of hydrogen-bond donors (Lipinski definition) is 1. The maximum atomic E-state index is 13.1. The molecule has 1 aliphatic rings. The summed E-state index contributed by atoms with van der Waals surface area (Å²) >= 11 is 10.8. The fraction of sp³-hybridized carbons (Fsp3) is 0.188. The van der Waals surface area contributed by atoms with E-state index < -0.39 is 21.0 Å². The smallest absolute Gasteiger partial charge is 0.182 e. The van der Waals surface area contributed by atoms with Gasteiger partial charge in [-0.3, -0.25) is 0 Å². The normalized spacial score (nSPS) is 23.5. The van der Waals surface area contributed by atoms with Crippen LogP contribution >= 0.6 is 23.8 Å². The topological polar surface area (TPSA) is 60.2 Å². The highest BCUT2D eigenvalue weighted by Gasteiger charge is 2.60. The molecule has 0 spiro atoms. The highest BCUT2D eigenvalue weighted by Crippen LogP contribution is 2.54. The first kappa shape index (κ1) is 16.4. The van der Waals surface area contributed by atoms with Crippen molar-refractivity contribution in [2.24, 2.45) is 11.7 Å². The fourth-order valence-electron chi connectivity index (χ4n) is 2.87. The summed E-state index contributed by atoms with van der Waals surface area (Å²) in [4.78, 5) is 0.333. The van der Waals surface area contributed by atoms with Crippen LogP contribution in [0.2, 0.25) is 5.02 Å². The average Bonchev–Trinajstić information content (AvgIpc) is 3.25. The molecule has 1 aliphatic carbocycles. The molecule has 0 radical (unpaired) electrons. The van der Waals surface area contributed by atoms with Gasteiger partial charge in [0.05, 0.1) is 15.1 Å². The first-order chi connectivity index (χ1) is 10.8. The van der Waals surface area contributed by atoms with Crippen LogP contribution in [0.4, 0.5) is 4.39 Å². The second-order valence-electron chi connectivity index (χ2n) is 5.47.